The molecule has 1 N–H and O–H groups in total. The molecule has 8 nitrogen and oxygen atoms in total. The van der Waals surface area contributed by atoms with Crippen LogP contribution in [0.3, 0.4) is 0 Å². The van der Waals surface area contributed by atoms with Gasteiger partial charge in [0.1, 0.15) is 5.76 Å². The number of methoxy groups -OCH3 is 2. The molecule has 35 heavy (non-hydrogen) atoms. The first-order chi connectivity index (χ1) is 16.9. The van der Waals surface area contributed by atoms with E-state index in [9.17, 15) is 9.59 Å². The number of benzene rings is 2. The van der Waals surface area contributed by atoms with Crippen LogP contribution in [0.15, 0.2) is 69.2 Å². The molecule has 2 heterocycles. The van der Waals surface area contributed by atoms with E-state index in [0.29, 0.717) is 50.4 Å². The molecule has 2 aromatic carbocycles. The van der Waals surface area contributed by atoms with Gasteiger partial charge < -0.3 is 19.2 Å². The van der Waals surface area contributed by atoms with E-state index >= 15 is 0 Å². The Morgan fingerprint density at radius 2 is 1.89 bits per heavy atom. The highest BCUT2D eigenvalue weighted by Crippen LogP contribution is 2.32. The first kappa shape index (κ1) is 24.7. The van der Waals surface area contributed by atoms with E-state index in [-0.39, 0.29) is 18.0 Å². The minimum atomic E-state index is -0.502. The van der Waals surface area contributed by atoms with Gasteiger partial charge in [0.15, 0.2) is 16.7 Å². The number of thioether (sulfide) groups is 1. The number of ether oxygens (including phenoxy) is 2. The van der Waals surface area contributed by atoms with E-state index in [1.807, 2.05) is 6.92 Å². The maximum absolute atomic E-state index is 13.6. The molecule has 0 bridgehead atoms. The van der Waals surface area contributed by atoms with Crippen LogP contribution in [0, 0.1) is 0 Å². The minimum absolute atomic E-state index is 0.167. The van der Waals surface area contributed by atoms with Crippen LogP contribution in [0.2, 0.25) is 5.02 Å². The van der Waals surface area contributed by atoms with Crippen LogP contribution in [-0.2, 0) is 11.3 Å². The third kappa shape index (κ3) is 5.47. The SMILES string of the molecule is CC[C@@H](Sc1nc2cc(OC)c(OC)cc2c(=O)n1Cc1ccco1)C(=O)Nc1ccc(Cl)cc1. The molecule has 0 saturated heterocycles. The summed E-state index contributed by atoms with van der Waals surface area (Å²) in [7, 11) is 3.03. The monoisotopic (exact) mass is 513 g/mol. The molecule has 2 aromatic heterocycles. The molecule has 10 heteroatoms. The lowest BCUT2D eigenvalue weighted by Gasteiger charge is -2.18. The van der Waals surface area contributed by atoms with Gasteiger partial charge in [-0.05, 0) is 48.9 Å². The zero-order valence-corrected chi connectivity index (χ0v) is 21.0. The van der Waals surface area contributed by atoms with Crippen molar-refractivity contribution in [2.75, 3.05) is 19.5 Å². The van der Waals surface area contributed by atoms with E-state index in [1.165, 1.54) is 30.5 Å². The molecular formula is C25H24ClN3O5S. The van der Waals surface area contributed by atoms with Crippen molar-refractivity contribution in [3.63, 3.8) is 0 Å². The number of halogens is 1. The number of anilines is 1. The third-order valence-electron chi connectivity index (χ3n) is 5.34. The van der Waals surface area contributed by atoms with Crippen LogP contribution < -0.4 is 20.3 Å². The van der Waals surface area contributed by atoms with Gasteiger partial charge in [-0.25, -0.2) is 4.98 Å². The quantitative estimate of drug-likeness (QED) is 0.242. The number of amides is 1. The van der Waals surface area contributed by atoms with Crippen LogP contribution in [0.4, 0.5) is 5.69 Å². The zero-order valence-electron chi connectivity index (χ0n) is 19.4. The molecule has 4 aromatic rings. The van der Waals surface area contributed by atoms with Crippen LogP contribution in [0.5, 0.6) is 11.5 Å². The molecule has 0 aliphatic carbocycles. The van der Waals surface area contributed by atoms with E-state index < -0.39 is 5.25 Å². The van der Waals surface area contributed by atoms with Crippen molar-refractivity contribution in [3.8, 4) is 11.5 Å². The number of nitrogens with zero attached hydrogens (tertiary/aromatic N) is 2. The Labute approximate surface area is 211 Å². The number of fused-ring (bicyclic) bond motifs is 1. The second-order valence-corrected chi connectivity index (χ2v) is 9.21. The number of carbonyl (C=O) groups is 1. The molecule has 0 unspecified atom stereocenters. The molecule has 0 saturated carbocycles. The Morgan fingerprint density at radius 3 is 2.51 bits per heavy atom. The van der Waals surface area contributed by atoms with Gasteiger partial charge in [0.05, 0.1) is 43.2 Å². The molecule has 182 valence electrons. The first-order valence-electron chi connectivity index (χ1n) is 10.9. The lowest BCUT2D eigenvalue weighted by atomic mass is 10.2. The number of nitrogens with one attached hydrogen (secondary N) is 1. The summed E-state index contributed by atoms with van der Waals surface area (Å²) in [4.78, 5) is 31.4. The predicted molar refractivity (Wildman–Crippen MR) is 137 cm³/mol. The van der Waals surface area contributed by atoms with Gasteiger partial charge in [-0.15, -0.1) is 0 Å². The van der Waals surface area contributed by atoms with E-state index in [0.717, 1.165) is 0 Å². The largest absolute Gasteiger partial charge is 0.493 e. The maximum atomic E-state index is 13.6. The van der Waals surface area contributed by atoms with Crippen molar-refractivity contribution < 1.29 is 18.7 Å². The van der Waals surface area contributed by atoms with Crippen molar-refractivity contribution in [3.05, 3.63) is 75.9 Å². The summed E-state index contributed by atoms with van der Waals surface area (Å²) in [6, 6.07) is 13.7. The fourth-order valence-corrected chi connectivity index (χ4v) is 4.66. The van der Waals surface area contributed by atoms with Crippen molar-refractivity contribution in [1.82, 2.24) is 9.55 Å². The summed E-state index contributed by atoms with van der Waals surface area (Å²) in [5.74, 6) is 1.28. The summed E-state index contributed by atoms with van der Waals surface area (Å²) in [5.41, 5.74) is 0.802. The average Bonchev–Trinajstić information content (AvgIpc) is 3.38. The van der Waals surface area contributed by atoms with Gasteiger partial charge in [0.2, 0.25) is 5.91 Å². The Balaban J connectivity index is 1.75. The lowest BCUT2D eigenvalue weighted by molar-refractivity contribution is -0.115. The van der Waals surface area contributed by atoms with E-state index in [4.69, 9.17) is 30.5 Å². The normalized spacial score (nSPS) is 11.9. The van der Waals surface area contributed by atoms with Crippen molar-refractivity contribution in [2.45, 2.75) is 30.3 Å². The van der Waals surface area contributed by atoms with E-state index in [2.05, 4.69) is 5.32 Å². The minimum Gasteiger partial charge on any atom is -0.493 e. The highest BCUT2D eigenvalue weighted by atomic mass is 35.5. The van der Waals surface area contributed by atoms with Gasteiger partial charge in [-0.3, -0.25) is 14.2 Å². The predicted octanol–water partition coefficient (Wildman–Crippen LogP) is 5.22. The summed E-state index contributed by atoms with van der Waals surface area (Å²) in [6.45, 7) is 2.07. The highest BCUT2D eigenvalue weighted by Gasteiger charge is 2.23. The Bertz CT molecular complexity index is 1390. The maximum Gasteiger partial charge on any atom is 0.262 e. The summed E-state index contributed by atoms with van der Waals surface area (Å²) < 4.78 is 17.7. The Morgan fingerprint density at radius 1 is 1.17 bits per heavy atom. The summed E-state index contributed by atoms with van der Waals surface area (Å²) in [5, 5.41) is 3.75. The van der Waals surface area contributed by atoms with Crippen LogP contribution in [0.25, 0.3) is 10.9 Å². The van der Waals surface area contributed by atoms with Crippen LogP contribution in [-0.4, -0.2) is 34.9 Å². The molecule has 1 amide bonds. The van der Waals surface area contributed by atoms with Crippen molar-refractivity contribution >= 4 is 45.9 Å². The van der Waals surface area contributed by atoms with Gasteiger partial charge >= 0.3 is 0 Å². The second-order valence-electron chi connectivity index (χ2n) is 7.60. The fraction of sp³-hybridized carbons (Fsp3) is 0.240. The summed E-state index contributed by atoms with van der Waals surface area (Å²) in [6.07, 6.45) is 2.06. The van der Waals surface area contributed by atoms with Gasteiger partial charge in [-0.2, -0.15) is 0 Å². The molecule has 1 atom stereocenters. The lowest BCUT2D eigenvalue weighted by Crippen LogP contribution is -2.28. The molecule has 0 radical (unpaired) electrons. The topological polar surface area (TPSA) is 95.6 Å². The second kappa shape index (κ2) is 10.9. The van der Waals surface area contributed by atoms with Crippen molar-refractivity contribution in [1.29, 1.82) is 0 Å². The third-order valence-corrected chi connectivity index (χ3v) is 6.95. The fourth-order valence-electron chi connectivity index (χ4n) is 3.52. The number of hydrogen-bond donors (Lipinski definition) is 1. The number of aromatic nitrogens is 2. The molecule has 0 spiro atoms. The van der Waals surface area contributed by atoms with E-state index in [1.54, 1.807) is 54.8 Å². The van der Waals surface area contributed by atoms with Gasteiger partial charge in [0.25, 0.3) is 5.56 Å². The molecule has 4 rings (SSSR count). The Hall–Kier alpha value is -3.43. The smallest absolute Gasteiger partial charge is 0.262 e. The summed E-state index contributed by atoms with van der Waals surface area (Å²) >= 11 is 7.16. The molecule has 0 aliphatic rings. The number of rotatable bonds is 9. The number of carbonyl (C=O) groups excluding carboxylic acids is 1. The highest BCUT2D eigenvalue weighted by molar-refractivity contribution is 8.00. The van der Waals surface area contributed by atoms with Crippen LogP contribution in [0.1, 0.15) is 19.1 Å². The molecular weight excluding hydrogens is 490 g/mol. The van der Waals surface area contributed by atoms with Crippen LogP contribution >= 0.6 is 23.4 Å². The molecule has 0 fully saturated rings. The van der Waals surface area contributed by atoms with Gasteiger partial charge in [-0.1, -0.05) is 30.3 Å². The average molecular weight is 514 g/mol. The first-order valence-corrected chi connectivity index (χ1v) is 12.1. The van der Waals surface area contributed by atoms with Gasteiger partial charge in [0, 0.05) is 16.8 Å². The Kier molecular flexibility index (Phi) is 7.67. The molecule has 0 aliphatic heterocycles. The zero-order chi connectivity index (χ0) is 24.9. The standard InChI is InChI=1S/C25H24ClN3O5S/c1-4-22(23(30)27-16-9-7-15(26)8-10-16)35-25-28-19-13-21(33-3)20(32-2)12-18(19)24(31)29(25)14-17-6-5-11-34-17/h5-13,22H,4,14H2,1-3H3,(H,27,30)/t22-/m1/s1. The number of hydrogen-bond acceptors (Lipinski definition) is 7. The number of furan rings is 1. The van der Waals surface area contributed by atoms with Crippen molar-refractivity contribution in [2.24, 2.45) is 0 Å².